The van der Waals surface area contributed by atoms with Crippen molar-refractivity contribution < 1.29 is 24.2 Å². The van der Waals surface area contributed by atoms with Crippen molar-refractivity contribution in [2.75, 3.05) is 33.0 Å². The summed E-state index contributed by atoms with van der Waals surface area (Å²) in [6.07, 6.45) is 1.45. The lowest BCUT2D eigenvalue weighted by atomic mass is 9.95. The first-order valence-electron chi connectivity index (χ1n) is 6.84. The molecule has 0 aliphatic carbocycles. The summed E-state index contributed by atoms with van der Waals surface area (Å²) >= 11 is 0. The molecule has 0 aromatic carbocycles. The SMILES string of the molecule is CCN(C(=O)C1CCOCC1)C1COCC1C(=O)O. The number of carboxylic acids is 1. The number of carbonyl (C=O) groups is 2. The summed E-state index contributed by atoms with van der Waals surface area (Å²) in [6.45, 7) is 4.13. The number of amides is 1. The van der Waals surface area contributed by atoms with Crippen LogP contribution < -0.4 is 0 Å². The molecule has 0 saturated carbocycles. The van der Waals surface area contributed by atoms with Gasteiger partial charge in [0.25, 0.3) is 0 Å². The molecule has 6 nitrogen and oxygen atoms in total. The maximum Gasteiger partial charge on any atom is 0.311 e. The van der Waals surface area contributed by atoms with E-state index in [9.17, 15) is 14.7 Å². The molecule has 2 rings (SSSR count). The number of hydrogen-bond donors (Lipinski definition) is 1. The molecule has 2 fully saturated rings. The first-order chi connectivity index (χ1) is 9.15. The van der Waals surface area contributed by atoms with Gasteiger partial charge in [0.15, 0.2) is 0 Å². The van der Waals surface area contributed by atoms with Gasteiger partial charge < -0.3 is 19.5 Å². The normalized spacial score (nSPS) is 28.3. The second-order valence-corrected chi connectivity index (χ2v) is 5.06. The summed E-state index contributed by atoms with van der Waals surface area (Å²) in [5, 5.41) is 9.18. The first kappa shape index (κ1) is 14.3. The zero-order valence-corrected chi connectivity index (χ0v) is 11.2. The standard InChI is InChI=1S/C13H21NO5/c1-2-14(11-8-19-7-10(11)13(16)17)12(15)9-3-5-18-6-4-9/h9-11H,2-8H2,1H3,(H,16,17). The quantitative estimate of drug-likeness (QED) is 0.799. The Morgan fingerprint density at radius 2 is 1.89 bits per heavy atom. The van der Waals surface area contributed by atoms with E-state index in [1.807, 2.05) is 6.92 Å². The third kappa shape index (κ3) is 3.06. The van der Waals surface area contributed by atoms with Gasteiger partial charge in [-0.2, -0.15) is 0 Å². The molecular weight excluding hydrogens is 250 g/mol. The van der Waals surface area contributed by atoms with Crippen molar-refractivity contribution in [2.45, 2.75) is 25.8 Å². The van der Waals surface area contributed by atoms with E-state index in [-0.39, 0.29) is 24.5 Å². The van der Waals surface area contributed by atoms with E-state index in [0.717, 1.165) is 12.8 Å². The van der Waals surface area contributed by atoms with Gasteiger partial charge in [0.2, 0.25) is 5.91 Å². The fraction of sp³-hybridized carbons (Fsp3) is 0.846. The lowest BCUT2D eigenvalue weighted by molar-refractivity contribution is -0.147. The minimum absolute atomic E-state index is 0.0382. The van der Waals surface area contributed by atoms with Gasteiger partial charge in [-0.25, -0.2) is 0 Å². The molecule has 108 valence electrons. The van der Waals surface area contributed by atoms with E-state index in [0.29, 0.717) is 26.4 Å². The fourth-order valence-electron chi connectivity index (χ4n) is 2.82. The molecule has 2 aliphatic rings. The second kappa shape index (κ2) is 6.34. The second-order valence-electron chi connectivity index (χ2n) is 5.06. The Balaban J connectivity index is 2.05. The van der Waals surface area contributed by atoms with Gasteiger partial charge in [0, 0.05) is 25.7 Å². The van der Waals surface area contributed by atoms with Crippen LogP contribution in [0.4, 0.5) is 0 Å². The topological polar surface area (TPSA) is 76.1 Å². The Kier molecular flexibility index (Phi) is 4.76. The molecule has 2 unspecified atom stereocenters. The maximum absolute atomic E-state index is 12.5. The summed E-state index contributed by atoms with van der Waals surface area (Å²) < 4.78 is 10.5. The molecule has 1 amide bonds. The molecule has 2 heterocycles. The van der Waals surface area contributed by atoms with Crippen LogP contribution in [0.2, 0.25) is 0 Å². The van der Waals surface area contributed by atoms with Crippen LogP contribution in [0.5, 0.6) is 0 Å². The maximum atomic E-state index is 12.5. The van der Waals surface area contributed by atoms with Crippen molar-refractivity contribution in [3.63, 3.8) is 0 Å². The van der Waals surface area contributed by atoms with Crippen LogP contribution >= 0.6 is 0 Å². The summed E-state index contributed by atoms with van der Waals surface area (Å²) in [5.41, 5.74) is 0. The monoisotopic (exact) mass is 271 g/mol. The Bertz CT molecular complexity index is 340. The molecule has 0 bridgehead atoms. The van der Waals surface area contributed by atoms with Crippen LogP contribution in [0.15, 0.2) is 0 Å². The van der Waals surface area contributed by atoms with Crippen LogP contribution in [0.25, 0.3) is 0 Å². The van der Waals surface area contributed by atoms with Crippen LogP contribution in [-0.4, -0.2) is 60.9 Å². The summed E-state index contributed by atoms with van der Waals surface area (Å²) in [7, 11) is 0. The molecule has 2 atom stereocenters. The summed E-state index contributed by atoms with van der Waals surface area (Å²) in [4.78, 5) is 25.4. The number of likely N-dealkylation sites (N-methyl/N-ethyl adjacent to an activating group) is 1. The van der Waals surface area contributed by atoms with Crippen molar-refractivity contribution in [3.05, 3.63) is 0 Å². The van der Waals surface area contributed by atoms with Gasteiger partial charge in [-0.05, 0) is 19.8 Å². The van der Waals surface area contributed by atoms with Crippen molar-refractivity contribution in [2.24, 2.45) is 11.8 Å². The Morgan fingerprint density at radius 3 is 2.47 bits per heavy atom. The highest BCUT2D eigenvalue weighted by atomic mass is 16.5. The van der Waals surface area contributed by atoms with E-state index in [4.69, 9.17) is 9.47 Å². The molecule has 19 heavy (non-hydrogen) atoms. The highest BCUT2D eigenvalue weighted by molar-refractivity contribution is 5.80. The highest BCUT2D eigenvalue weighted by Crippen LogP contribution is 2.24. The number of ether oxygens (including phenoxy) is 2. The first-order valence-corrected chi connectivity index (χ1v) is 6.84. The zero-order valence-electron chi connectivity index (χ0n) is 11.2. The predicted molar refractivity (Wildman–Crippen MR) is 66.7 cm³/mol. The molecule has 0 radical (unpaired) electrons. The number of nitrogens with zero attached hydrogens (tertiary/aromatic N) is 1. The summed E-state index contributed by atoms with van der Waals surface area (Å²) in [6, 6.07) is -0.335. The van der Waals surface area contributed by atoms with Gasteiger partial charge in [-0.1, -0.05) is 0 Å². The van der Waals surface area contributed by atoms with Gasteiger partial charge in [0.1, 0.15) is 5.92 Å². The predicted octanol–water partition coefficient (Wildman–Crippen LogP) is 0.361. The minimum Gasteiger partial charge on any atom is -0.481 e. The third-order valence-corrected chi connectivity index (χ3v) is 3.96. The number of hydrogen-bond acceptors (Lipinski definition) is 4. The van der Waals surface area contributed by atoms with Gasteiger partial charge in [-0.3, -0.25) is 9.59 Å². The van der Waals surface area contributed by atoms with Crippen molar-refractivity contribution in [3.8, 4) is 0 Å². The van der Waals surface area contributed by atoms with E-state index >= 15 is 0 Å². The van der Waals surface area contributed by atoms with Crippen molar-refractivity contribution in [1.82, 2.24) is 4.90 Å². The summed E-state index contributed by atoms with van der Waals surface area (Å²) in [5.74, 6) is -1.49. The molecule has 0 spiro atoms. The molecule has 2 aliphatic heterocycles. The highest BCUT2D eigenvalue weighted by Gasteiger charge is 2.41. The average Bonchev–Trinajstić information content (AvgIpc) is 2.90. The van der Waals surface area contributed by atoms with Crippen LogP contribution in [0.3, 0.4) is 0 Å². The van der Waals surface area contributed by atoms with E-state index in [2.05, 4.69) is 0 Å². The molecule has 0 aromatic heterocycles. The van der Waals surface area contributed by atoms with E-state index < -0.39 is 11.9 Å². The number of rotatable bonds is 4. The van der Waals surface area contributed by atoms with Gasteiger partial charge in [-0.15, -0.1) is 0 Å². The molecule has 2 saturated heterocycles. The number of aliphatic carboxylic acids is 1. The molecule has 1 N–H and O–H groups in total. The van der Waals surface area contributed by atoms with Crippen molar-refractivity contribution >= 4 is 11.9 Å². The molecular formula is C13H21NO5. The minimum atomic E-state index is -0.888. The fourth-order valence-corrected chi connectivity index (χ4v) is 2.82. The van der Waals surface area contributed by atoms with Gasteiger partial charge in [0.05, 0.1) is 19.3 Å². The lowest BCUT2D eigenvalue weighted by Crippen LogP contribution is -2.49. The zero-order chi connectivity index (χ0) is 13.8. The van der Waals surface area contributed by atoms with E-state index in [1.165, 1.54) is 0 Å². The lowest BCUT2D eigenvalue weighted by Gasteiger charge is -2.33. The Morgan fingerprint density at radius 1 is 1.21 bits per heavy atom. The smallest absolute Gasteiger partial charge is 0.311 e. The van der Waals surface area contributed by atoms with Crippen LogP contribution in [-0.2, 0) is 19.1 Å². The average molecular weight is 271 g/mol. The van der Waals surface area contributed by atoms with Gasteiger partial charge >= 0.3 is 5.97 Å². The third-order valence-electron chi connectivity index (χ3n) is 3.96. The molecule has 0 aromatic rings. The number of carboxylic acid groups (broad SMARTS) is 1. The van der Waals surface area contributed by atoms with E-state index in [1.54, 1.807) is 4.90 Å². The van der Waals surface area contributed by atoms with Crippen LogP contribution in [0.1, 0.15) is 19.8 Å². The van der Waals surface area contributed by atoms with Crippen molar-refractivity contribution in [1.29, 1.82) is 0 Å². The number of carbonyl (C=O) groups excluding carboxylic acids is 1. The largest absolute Gasteiger partial charge is 0.481 e. The Labute approximate surface area is 112 Å². The van der Waals surface area contributed by atoms with Crippen LogP contribution in [0, 0.1) is 11.8 Å². The molecule has 6 heteroatoms. The Hall–Kier alpha value is -1.14.